The number of ether oxygens (including phenoxy) is 2. The van der Waals surface area contributed by atoms with Crippen LogP contribution in [0, 0.1) is 0 Å². The number of carbonyl (C=O) groups excluding carboxylic acids is 2. The summed E-state index contributed by atoms with van der Waals surface area (Å²) in [6.07, 6.45) is 2.44. The van der Waals surface area contributed by atoms with Gasteiger partial charge in [0.25, 0.3) is 0 Å². The zero-order chi connectivity index (χ0) is 20.5. The van der Waals surface area contributed by atoms with Gasteiger partial charge >= 0.3 is 12.1 Å². The van der Waals surface area contributed by atoms with Crippen LogP contribution in [0.5, 0.6) is 11.5 Å². The fourth-order valence-corrected chi connectivity index (χ4v) is 3.32. The Hall–Kier alpha value is -2.64. The Morgan fingerprint density at radius 2 is 1.68 bits per heavy atom. The van der Waals surface area contributed by atoms with Gasteiger partial charge in [-0.2, -0.15) is 0 Å². The summed E-state index contributed by atoms with van der Waals surface area (Å²) in [6, 6.07) is 3.22. The number of benzene rings is 1. The van der Waals surface area contributed by atoms with Crippen LogP contribution < -0.4 is 25.4 Å². The molecule has 0 aromatic heterocycles. The Morgan fingerprint density at radius 1 is 1.04 bits per heavy atom. The van der Waals surface area contributed by atoms with Crippen LogP contribution in [0.2, 0.25) is 0 Å². The number of urea groups is 2. The van der Waals surface area contributed by atoms with Crippen molar-refractivity contribution in [3.63, 3.8) is 0 Å². The second-order valence-electron chi connectivity index (χ2n) is 6.73. The largest absolute Gasteiger partial charge is 0.493 e. The van der Waals surface area contributed by atoms with Crippen molar-refractivity contribution < 1.29 is 19.1 Å². The second-order valence-corrected chi connectivity index (χ2v) is 6.73. The molecule has 0 saturated carbocycles. The van der Waals surface area contributed by atoms with Crippen molar-refractivity contribution in [2.24, 2.45) is 0 Å². The molecule has 0 radical (unpaired) electrons. The minimum atomic E-state index is -0.284. The lowest BCUT2D eigenvalue weighted by Crippen LogP contribution is -2.50. The second kappa shape index (κ2) is 10.6. The van der Waals surface area contributed by atoms with Crippen LogP contribution in [0.25, 0.3) is 0 Å². The Kier molecular flexibility index (Phi) is 8.22. The van der Waals surface area contributed by atoms with Gasteiger partial charge in [0.05, 0.1) is 20.3 Å². The molecule has 2 rings (SSSR count). The number of nitrogens with one attached hydrogen (secondary N) is 3. The highest BCUT2D eigenvalue weighted by Crippen LogP contribution is 2.37. The van der Waals surface area contributed by atoms with E-state index in [1.54, 1.807) is 19.1 Å². The van der Waals surface area contributed by atoms with Gasteiger partial charge in [0, 0.05) is 26.2 Å². The Morgan fingerprint density at radius 3 is 2.32 bits per heavy atom. The molecule has 1 unspecified atom stereocenters. The third-order valence-electron chi connectivity index (χ3n) is 4.78. The molecular weight excluding hydrogens is 360 g/mol. The number of hydrogen-bond acceptors (Lipinski definition) is 4. The van der Waals surface area contributed by atoms with E-state index < -0.39 is 0 Å². The number of rotatable bonds is 8. The predicted molar refractivity (Wildman–Crippen MR) is 108 cm³/mol. The summed E-state index contributed by atoms with van der Waals surface area (Å²) in [5.74, 6) is 1.27. The molecule has 4 amide bonds. The van der Waals surface area contributed by atoms with E-state index in [0.717, 1.165) is 24.0 Å². The van der Waals surface area contributed by atoms with Crippen LogP contribution in [0.3, 0.4) is 0 Å². The summed E-state index contributed by atoms with van der Waals surface area (Å²) < 4.78 is 10.9. The summed E-state index contributed by atoms with van der Waals surface area (Å²) in [4.78, 5) is 26.5. The molecule has 1 heterocycles. The first kappa shape index (κ1) is 21.7. The quantitative estimate of drug-likeness (QED) is 0.634. The smallest absolute Gasteiger partial charge is 0.317 e. The average Bonchev–Trinajstić information content (AvgIpc) is 2.72. The standard InChI is InChI=1S/C20H32N4O4/c1-5-8-21-19(25)23-13-16-15-12-18(28-4)17(27-3)11-14(15)7-10-24(16)20(26)22-9-6-2/h11-12,16H,5-10,13H2,1-4H3,(H,22,26)(H2,21,23,25). The van der Waals surface area contributed by atoms with Crippen LogP contribution in [-0.4, -0.2) is 57.4 Å². The zero-order valence-electron chi connectivity index (χ0n) is 17.3. The molecule has 0 spiro atoms. The number of hydrogen-bond donors (Lipinski definition) is 3. The Balaban J connectivity index is 2.28. The van der Waals surface area contributed by atoms with E-state index in [0.29, 0.717) is 44.1 Å². The monoisotopic (exact) mass is 392 g/mol. The number of amides is 4. The summed E-state index contributed by atoms with van der Waals surface area (Å²) in [5, 5.41) is 8.63. The molecule has 0 bridgehead atoms. The van der Waals surface area contributed by atoms with Gasteiger partial charge in [-0.25, -0.2) is 9.59 Å². The molecule has 3 N–H and O–H groups in total. The molecule has 8 nitrogen and oxygen atoms in total. The molecule has 1 aliphatic heterocycles. The summed E-state index contributed by atoms with van der Waals surface area (Å²) in [5.41, 5.74) is 2.06. The maximum atomic E-state index is 12.7. The predicted octanol–water partition coefficient (Wildman–Crippen LogP) is 2.43. The molecule has 1 aromatic carbocycles. The van der Waals surface area contributed by atoms with Gasteiger partial charge in [-0.3, -0.25) is 0 Å². The van der Waals surface area contributed by atoms with Crippen molar-refractivity contribution in [2.45, 2.75) is 39.2 Å². The van der Waals surface area contributed by atoms with Gasteiger partial charge in [-0.15, -0.1) is 0 Å². The van der Waals surface area contributed by atoms with E-state index >= 15 is 0 Å². The van der Waals surface area contributed by atoms with Crippen LogP contribution >= 0.6 is 0 Å². The summed E-state index contributed by atoms with van der Waals surface area (Å²) in [7, 11) is 3.19. The fourth-order valence-electron chi connectivity index (χ4n) is 3.32. The molecule has 28 heavy (non-hydrogen) atoms. The van der Waals surface area contributed by atoms with Gasteiger partial charge in [0.15, 0.2) is 11.5 Å². The number of methoxy groups -OCH3 is 2. The Labute approximate surface area is 166 Å². The van der Waals surface area contributed by atoms with Crippen LogP contribution in [0.1, 0.15) is 43.9 Å². The van der Waals surface area contributed by atoms with Crippen molar-refractivity contribution >= 4 is 12.1 Å². The summed E-state index contributed by atoms with van der Waals surface area (Å²) in [6.45, 7) is 6.12. The fraction of sp³-hybridized carbons (Fsp3) is 0.600. The van der Waals surface area contributed by atoms with Crippen molar-refractivity contribution in [2.75, 3.05) is 40.4 Å². The normalized spacial score (nSPS) is 15.4. The molecule has 156 valence electrons. The van der Waals surface area contributed by atoms with Gasteiger partial charge in [-0.1, -0.05) is 13.8 Å². The highest BCUT2D eigenvalue weighted by Gasteiger charge is 2.32. The lowest BCUT2D eigenvalue weighted by atomic mass is 9.92. The first-order valence-electron chi connectivity index (χ1n) is 9.86. The lowest BCUT2D eigenvalue weighted by Gasteiger charge is -2.37. The Bertz CT molecular complexity index is 680. The molecule has 0 aliphatic carbocycles. The van der Waals surface area contributed by atoms with E-state index in [1.807, 2.05) is 26.0 Å². The van der Waals surface area contributed by atoms with Crippen molar-refractivity contribution in [3.8, 4) is 11.5 Å². The zero-order valence-corrected chi connectivity index (χ0v) is 17.3. The van der Waals surface area contributed by atoms with Gasteiger partial charge in [0.1, 0.15) is 0 Å². The van der Waals surface area contributed by atoms with E-state index in [4.69, 9.17) is 9.47 Å². The van der Waals surface area contributed by atoms with Crippen molar-refractivity contribution in [1.82, 2.24) is 20.9 Å². The highest BCUT2D eigenvalue weighted by molar-refractivity contribution is 5.76. The topological polar surface area (TPSA) is 91.9 Å². The van der Waals surface area contributed by atoms with Gasteiger partial charge < -0.3 is 30.3 Å². The average molecular weight is 393 g/mol. The molecule has 0 fully saturated rings. The van der Waals surface area contributed by atoms with Crippen LogP contribution in [0.15, 0.2) is 12.1 Å². The van der Waals surface area contributed by atoms with Crippen molar-refractivity contribution in [1.29, 1.82) is 0 Å². The lowest BCUT2D eigenvalue weighted by molar-refractivity contribution is 0.167. The van der Waals surface area contributed by atoms with E-state index in [2.05, 4.69) is 16.0 Å². The third kappa shape index (κ3) is 5.21. The first-order valence-corrected chi connectivity index (χ1v) is 9.86. The summed E-state index contributed by atoms with van der Waals surface area (Å²) >= 11 is 0. The van der Waals surface area contributed by atoms with Crippen molar-refractivity contribution in [3.05, 3.63) is 23.3 Å². The van der Waals surface area contributed by atoms with Gasteiger partial charge in [-0.05, 0) is 42.5 Å². The van der Waals surface area contributed by atoms with Gasteiger partial charge in [0.2, 0.25) is 0 Å². The maximum absolute atomic E-state index is 12.7. The van der Waals surface area contributed by atoms with Crippen LogP contribution in [-0.2, 0) is 6.42 Å². The first-order chi connectivity index (χ1) is 13.5. The molecule has 8 heteroatoms. The molecule has 1 atom stereocenters. The number of carbonyl (C=O) groups is 2. The molecular formula is C20H32N4O4. The number of nitrogens with zero attached hydrogens (tertiary/aromatic N) is 1. The van der Waals surface area contributed by atoms with Crippen LogP contribution in [0.4, 0.5) is 9.59 Å². The molecule has 1 aliphatic rings. The van der Waals surface area contributed by atoms with E-state index in [1.165, 1.54) is 0 Å². The minimum absolute atomic E-state index is 0.122. The SMILES string of the molecule is CCCNC(=O)NCC1c2cc(OC)c(OC)cc2CCN1C(=O)NCCC. The minimum Gasteiger partial charge on any atom is -0.493 e. The van der Waals surface area contributed by atoms with E-state index in [-0.39, 0.29) is 18.1 Å². The third-order valence-corrected chi connectivity index (χ3v) is 4.78. The van der Waals surface area contributed by atoms with E-state index in [9.17, 15) is 9.59 Å². The number of fused-ring (bicyclic) bond motifs is 1. The molecule has 1 aromatic rings. The highest BCUT2D eigenvalue weighted by atomic mass is 16.5. The maximum Gasteiger partial charge on any atom is 0.317 e. The molecule has 0 saturated heterocycles.